The average molecular weight is 437 g/mol. The Hall–Kier alpha value is -3.58. The lowest BCUT2D eigenvalue weighted by Crippen LogP contribution is -2.29. The van der Waals surface area contributed by atoms with E-state index in [4.69, 9.17) is 4.74 Å². The van der Waals surface area contributed by atoms with Crippen molar-refractivity contribution in [1.29, 1.82) is 0 Å². The number of anilines is 2. The molecule has 0 saturated carbocycles. The van der Waals surface area contributed by atoms with Crippen molar-refractivity contribution < 1.29 is 17.9 Å². The van der Waals surface area contributed by atoms with Crippen molar-refractivity contribution in [2.75, 3.05) is 22.5 Å². The summed E-state index contributed by atoms with van der Waals surface area (Å²) >= 11 is 0. The summed E-state index contributed by atoms with van der Waals surface area (Å²) in [7, 11) is -3.46. The maximum Gasteiger partial charge on any atom is 0.255 e. The largest absolute Gasteiger partial charge is 0.489 e. The standard InChI is InChI=1S/C24H24N2O4S/c1-3-16-30-23-11-7-8-21(17-23)25-24(27)20-14-12-19(13-15-20)18-26(31(2,28)29)22-9-5-4-6-10-22/h3-15,17H,1,16,18H2,2H3,(H,25,27). The van der Waals surface area contributed by atoms with Crippen LogP contribution in [0.5, 0.6) is 5.75 Å². The number of nitrogens with one attached hydrogen (secondary N) is 1. The Morgan fingerprint density at radius 1 is 1.03 bits per heavy atom. The summed E-state index contributed by atoms with van der Waals surface area (Å²) < 4.78 is 31.3. The number of ether oxygens (including phenoxy) is 1. The van der Waals surface area contributed by atoms with Crippen molar-refractivity contribution in [3.05, 3.63) is 103 Å². The lowest BCUT2D eigenvalue weighted by Gasteiger charge is -2.22. The summed E-state index contributed by atoms with van der Waals surface area (Å²) in [5, 5.41) is 2.83. The lowest BCUT2D eigenvalue weighted by atomic mass is 10.1. The van der Waals surface area contributed by atoms with E-state index in [1.165, 1.54) is 10.6 Å². The zero-order valence-corrected chi connectivity index (χ0v) is 18.0. The fraction of sp³-hybridized carbons (Fsp3) is 0.125. The van der Waals surface area contributed by atoms with Crippen molar-refractivity contribution >= 4 is 27.3 Å². The molecule has 0 fully saturated rings. The van der Waals surface area contributed by atoms with E-state index in [1.807, 2.05) is 6.07 Å². The number of carbonyl (C=O) groups is 1. The summed E-state index contributed by atoms with van der Waals surface area (Å²) in [4.78, 5) is 12.6. The highest BCUT2D eigenvalue weighted by molar-refractivity contribution is 7.92. The summed E-state index contributed by atoms with van der Waals surface area (Å²) in [5.74, 6) is 0.366. The van der Waals surface area contributed by atoms with Gasteiger partial charge in [0.1, 0.15) is 12.4 Å². The van der Waals surface area contributed by atoms with Crippen LogP contribution in [-0.4, -0.2) is 27.2 Å². The van der Waals surface area contributed by atoms with E-state index < -0.39 is 10.0 Å². The van der Waals surface area contributed by atoms with Crippen LogP contribution in [0.3, 0.4) is 0 Å². The first-order valence-corrected chi connectivity index (χ1v) is 11.5. The van der Waals surface area contributed by atoms with Crippen LogP contribution in [0.1, 0.15) is 15.9 Å². The van der Waals surface area contributed by atoms with Crippen molar-refractivity contribution in [3.63, 3.8) is 0 Å². The van der Waals surface area contributed by atoms with Crippen molar-refractivity contribution in [1.82, 2.24) is 0 Å². The van der Waals surface area contributed by atoms with E-state index >= 15 is 0 Å². The lowest BCUT2D eigenvalue weighted by molar-refractivity contribution is 0.102. The van der Waals surface area contributed by atoms with Crippen LogP contribution in [0.15, 0.2) is 91.5 Å². The van der Waals surface area contributed by atoms with Crippen molar-refractivity contribution in [2.45, 2.75) is 6.54 Å². The van der Waals surface area contributed by atoms with Gasteiger partial charge >= 0.3 is 0 Å². The first-order chi connectivity index (χ1) is 14.9. The molecule has 0 bridgehead atoms. The average Bonchev–Trinajstić information content (AvgIpc) is 2.76. The smallest absolute Gasteiger partial charge is 0.255 e. The highest BCUT2D eigenvalue weighted by atomic mass is 32.2. The second-order valence-electron chi connectivity index (χ2n) is 6.88. The van der Waals surface area contributed by atoms with Gasteiger partial charge in [0.2, 0.25) is 10.0 Å². The minimum atomic E-state index is -3.46. The maximum atomic E-state index is 12.6. The molecular weight excluding hydrogens is 412 g/mol. The molecule has 0 spiro atoms. The van der Waals surface area contributed by atoms with Gasteiger partial charge in [0.25, 0.3) is 5.91 Å². The Balaban J connectivity index is 1.70. The first kappa shape index (κ1) is 22.1. The molecule has 160 valence electrons. The Morgan fingerprint density at radius 2 is 1.74 bits per heavy atom. The van der Waals surface area contributed by atoms with Gasteiger partial charge in [-0.1, -0.05) is 49.1 Å². The molecule has 3 aromatic rings. The van der Waals surface area contributed by atoms with E-state index in [2.05, 4.69) is 11.9 Å². The summed E-state index contributed by atoms with van der Waals surface area (Å²) in [6.45, 7) is 4.17. The van der Waals surface area contributed by atoms with Gasteiger partial charge in [-0.3, -0.25) is 9.10 Å². The molecule has 0 heterocycles. The molecule has 0 aliphatic heterocycles. The third-order valence-electron chi connectivity index (χ3n) is 4.45. The molecule has 1 amide bonds. The van der Waals surface area contributed by atoms with Gasteiger partial charge in [-0.05, 0) is 42.0 Å². The second kappa shape index (κ2) is 9.95. The number of benzene rings is 3. The monoisotopic (exact) mass is 436 g/mol. The molecule has 31 heavy (non-hydrogen) atoms. The highest BCUT2D eigenvalue weighted by Crippen LogP contribution is 2.21. The van der Waals surface area contributed by atoms with Gasteiger partial charge in [-0.25, -0.2) is 8.42 Å². The van der Waals surface area contributed by atoms with Gasteiger partial charge in [0, 0.05) is 17.3 Å². The molecule has 0 saturated heterocycles. The van der Waals surface area contributed by atoms with Crippen molar-refractivity contribution in [2.24, 2.45) is 0 Å². The predicted octanol–water partition coefficient (Wildman–Crippen LogP) is 4.47. The molecule has 3 rings (SSSR count). The summed E-state index contributed by atoms with van der Waals surface area (Å²) in [5.41, 5.74) is 2.44. The number of carbonyl (C=O) groups excluding carboxylic acids is 1. The summed E-state index contributed by atoms with van der Waals surface area (Å²) in [6.07, 6.45) is 2.82. The Labute approximate surface area is 182 Å². The van der Waals surface area contributed by atoms with E-state index in [0.717, 1.165) is 5.56 Å². The van der Waals surface area contributed by atoms with Gasteiger partial charge in [0.15, 0.2) is 0 Å². The van der Waals surface area contributed by atoms with Gasteiger partial charge in [-0.2, -0.15) is 0 Å². The predicted molar refractivity (Wildman–Crippen MR) is 124 cm³/mol. The highest BCUT2D eigenvalue weighted by Gasteiger charge is 2.18. The minimum absolute atomic E-state index is 0.174. The van der Waals surface area contributed by atoms with Crippen LogP contribution in [-0.2, 0) is 16.6 Å². The third kappa shape index (κ3) is 6.20. The van der Waals surface area contributed by atoms with Gasteiger partial charge < -0.3 is 10.1 Å². The molecule has 0 aromatic heterocycles. The minimum Gasteiger partial charge on any atom is -0.489 e. The first-order valence-electron chi connectivity index (χ1n) is 9.63. The van der Waals surface area contributed by atoms with Crippen LogP contribution in [0.2, 0.25) is 0 Å². The number of hydrogen-bond donors (Lipinski definition) is 1. The number of sulfonamides is 1. The quantitative estimate of drug-likeness (QED) is 0.502. The SMILES string of the molecule is C=CCOc1cccc(NC(=O)c2ccc(CN(c3ccccc3)S(C)(=O)=O)cc2)c1. The van der Waals surface area contributed by atoms with E-state index in [0.29, 0.717) is 29.3 Å². The topological polar surface area (TPSA) is 75.7 Å². The fourth-order valence-corrected chi connectivity index (χ4v) is 3.83. The Morgan fingerprint density at radius 3 is 2.39 bits per heavy atom. The molecule has 6 nitrogen and oxygen atoms in total. The van der Waals surface area contributed by atoms with Crippen LogP contribution in [0.4, 0.5) is 11.4 Å². The summed E-state index contributed by atoms with van der Waals surface area (Å²) in [6, 6.07) is 22.9. The number of hydrogen-bond acceptors (Lipinski definition) is 4. The fourth-order valence-electron chi connectivity index (χ4n) is 2.94. The molecular formula is C24H24N2O4S. The van der Waals surface area contributed by atoms with Crippen LogP contribution >= 0.6 is 0 Å². The number of amides is 1. The number of para-hydroxylation sites is 1. The maximum absolute atomic E-state index is 12.6. The Bertz CT molecular complexity index is 1140. The zero-order chi connectivity index (χ0) is 22.3. The zero-order valence-electron chi connectivity index (χ0n) is 17.2. The number of nitrogens with zero attached hydrogens (tertiary/aromatic N) is 1. The van der Waals surface area contributed by atoms with Crippen molar-refractivity contribution in [3.8, 4) is 5.75 Å². The molecule has 1 N–H and O–H groups in total. The van der Waals surface area contributed by atoms with Crippen LogP contribution in [0.25, 0.3) is 0 Å². The van der Waals surface area contributed by atoms with Crippen LogP contribution < -0.4 is 14.4 Å². The molecule has 0 unspecified atom stereocenters. The van der Waals surface area contributed by atoms with Gasteiger partial charge in [-0.15, -0.1) is 0 Å². The van der Waals surface area contributed by atoms with Gasteiger partial charge in [0.05, 0.1) is 18.5 Å². The molecule has 0 radical (unpaired) electrons. The van der Waals surface area contributed by atoms with Crippen LogP contribution in [0, 0.1) is 0 Å². The van der Waals surface area contributed by atoms with E-state index in [1.54, 1.807) is 78.9 Å². The second-order valence-corrected chi connectivity index (χ2v) is 8.79. The number of rotatable bonds is 9. The van der Waals surface area contributed by atoms with E-state index in [9.17, 15) is 13.2 Å². The van der Waals surface area contributed by atoms with E-state index in [-0.39, 0.29) is 12.5 Å². The third-order valence-corrected chi connectivity index (χ3v) is 5.59. The normalized spacial score (nSPS) is 10.9. The molecule has 3 aromatic carbocycles. The molecule has 0 aliphatic rings. The molecule has 0 aliphatic carbocycles. The molecule has 7 heteroatoms. The Kier molecular flexibility index (Phi) is 7.10. The molecule has 0 atom stereocenters.